The van der Waals surface area contributed by atoms with Crippen LogP contribution in [0.5, 0.6) is 0 Å². The van der Waals surface area contributed by atoms with E-state index < -0.39 is 11.1 Å². The van der Waals surface area contributed by atoms with Crippen molar-refractivity contribution in [1.29, 1.82) is 0 Å². The second-order valence-electron chi connectivity index (χ2n) is 4.93. The van der Waals surface area contributed by atoms with Gasteiger partial charge in [-0.15, -0.1) is 0 Å². The Morgan fingerprint density at radius 2 is 1.71 bits per heavy atom. The van der Waals surface area contributed by atoms with Crippen LogP contribution in [0.15, 0.2) is 54.6 Å². The van der Waals surface area contributed by atoms with Gasteiger partial charge in [-0.1, -0.05) is 54.6 Å². The monoisotopic (exact) mass is 300 g/mol. The highest BCUT2D eigenvalue weighted by molar-refractivity contribution is 7.78. The highest BCUT2D eigenvalue weighted by atomic mass is 32.2. The van der Waals surface area contributed by atoms with Crippen molar-refractivity contribution in [3.8, 4) is 0 Å². The molecule has 1 heterocycles. The van der Waals surface area contributed by atoms with Gasteiger partial charge in [0.25, 0.3) is 0 Å². The van der Waals surface area contributed by atoms with Crippen molar-refractivity contribution < 1.29 is 13.5 Å². The van der Waals surface area contributed by atoms with Crippen molar-refractivity contribution in [3.63, 3.8) is 0 Å². The molecule has 1 unspecified atom stereocenters. The maximum atomic E-state index is 10.8. The maximum absolute atomic E-state index is 10.8. The summed E-state index contributed by atoms with van der Waals surface area (Å²) in [6.07, 6.45) is 0.905. The normalized spacial score (nSPS) is 15.9. The molecule has 0 fully saturated rings. The van der Waals surface area contributed by atoms with Crippen LogP contribution in [-0.4, -0.2) is 15.4 Å². The fraction of sp³-hybridized carbons (Fsp3) is 0.176. The van der Waals surface area contributed by atoms with E-state index in [-0.39, 0.29) is 5.75 Å². The van der Waals surface area contributed by atoms with Crippen LogP contribution in [0.4, 0.5) is 0 Å². The molecule has 1 N–H and O–H groups in total. The standard InChI is InChI=1S/C17H16O3S/c18-21(19)12-13-6-8-15(9-7-13)17-16(10-11-20-17)14-4-2-1-3-5-14/h1-9H,10-12H2,(H,18,19). The zero-order valence-electron chi connectivity index (χ0n) is 11.5. The van der Waals surface area contributed by atoms with Gasteiger partial charge < -0.3 is 9.29 Å². The molecule has 0 aromatic heterocycles. The molecule has 0 bridgehead atoms. The largest absolute Gasteiger partial charge is 0.492 e. The minimum absolute atomic E-state index is 0.158. The molecule has 1 atom stereocenters. The van der Waals surface area contributed by atoms with Gasteiger partial charge >= 0.3 is 0 Å². The van der Waals surface area contributed by atoms with E-state index in [1.54, 1.807) is 0 Å². The molecule has 108 valence electrons. The fourth-order valence-corrected chi connectivity index (χ4v) is 3.00. The zero-order valence-corrected chi connectivity index (χ0v) is 12.3. The minimum Gasteiger partial charge on any atom is -0.492 e. The summed E-state index contributed by atoms with van der Waals surface area (Å²) in [5.41, 5.74) is 4.26. The van der Waals surface area contributed by atoms with Gasteiger partial charge in [-0.2, -0.15) is 0 Å². The molecule has 0 saturated heterocycles. The molecule has 2 aromatic rings. The smallest absolute Gasteiger partial charge is 0.157 e. The van der Waals surface area contributed by atoms with Crippen molar-refractivity contribution in [3.05, 3.63) is 71.3 Å². The summed E-state index contributed by atoms with van der Waals surface area (Å²) < 4.78 is 25.5. The molecular formula is C17H16O3S. The Labute approximate surface area is 126 Å². The third kappa shape index (κ3) is 3.23. The van der Waals surface area contributed by atoms with Crippen molar-refractivity contribution >= 4 is 22.4 Å². The van der Waals surface area contributed by atoms with Gasteiger partial charge in [-0.3, -0.25) is 0 Å². The Kier molecular flexibility index (Phi) is 4.18. The second-order valence-corrected chi connectivity index (χ2v) is 5.87. The van der Waals surface area contributed by atoms with Gasteiger partial charge in [0.1, 0.15) is 5.76 Å². The highest BCUT2D eigenvalue weighted by Gasteiger charge is 2.19. The van der Waals surface area contributed by atoms with E-state index in [2.05, 4.69) is 12.1 Å². The Morgan fingerprint density at radius 1 is 1.00 bits per heavy atom. The summed E-state index contributed by atoms with van der Waals surface area (Å²) >= 11 is -1.81. The predicted octanol–water partition coefficient (Wildman–Crippen LogP) is 3.70. The van der Waals surface area contributed by atoms with Gasteiger partial charge in [0.15, 0.2) is 11.1 Å². The van der Waals surface area contributed by atoms with E-state index in [9.17, 15) is 4.21 Å². The van der Waals surface area contributed by atoms with Crippen LogP contribution in [0.3, 0.4) is 0 Å². The lowest BCUT2D eigenvalue weighted by atomic mass is 10.00. The number of hydrogen-bond donors (Lipinski definition) is 1. The van der Waals surface area contributed by atoms with Gasteiger partial charge in [0.2, 0.25) is 0 Å². The molecule has 3 nitrogen and oxygen atoms in total. The first-order chi connectivity index (χ1) is 10.2. The lowest BCUT2D eigenvalue weighted by Gasteiger charge is -2.08. The van der Waals surface area contributed by atoms with Crippen molar-refractivity contribution in [1.82, 2.24) is 0 Å². The molecular weight excluding hydrogens is 284 g/mol. The number of hydrogen-bond acceptors (Lipinski definition) is 2. The van der Waals surface area contributed by atoms with Gasteiger partial charge in [0.05, 0.1) is 12.4 Å². The molecule has 0 amide bonds. The van der Waals surface area contributed by atoms with Crippen LogP contribution in [0.25, 0.3) is 11.3 Å². The third-order valence-corrected chi connectivity index (χ3v) is 4.08. The van der Waals surface area contributed by atoms with Crippen LogP contribution in [0.1, 0.15) is 23.1 Å². The zero-order chi connectivity index (χ0) is 14.7. The number of ether oxygens (including phenoxy) is 1. The quantitative estimate of drug-likeness (QED) is 0.876. The van der Waals surface area contributed by atoms with Gasteiger partial charge in [-0.05, 0) is 11.1 Å². The van der Waals surface area contributed by atoms with Crippen LogP contribution in [0, 0.1) is 0 Å². The van der Waals surface area contributed by atoms with Crippen LogP contribution in [0.2, 0.25) is 0 Å². The van der Waals surface area contributed by atoms with Gasteiger partial charge in [-0.25, -0.2) is 4.21 Å². The predicted molar refractivity (Wildman–Crippen MR) is 84.7 cm³/mol. The molecule has 0 aliphatic carbocycles. The molecule has 2 aromatic carbocycles. The number of rotatable bonds is 4. The lowest BCUT2D eigenvalue weighted by molar-refractivity contribution is 0.307. The molecule has 0 spiro atoms. The molecule has 0 radical (unpaired) electrons. The van der Waals surface area contributed by atoms with Crippen molar-refractivity contribution in [2.24, 2.45) is 0 Å². The SMILES string of the molecule is O=S(O)Cc1ccc(C2=C(c3ccccc3)CCO2)cc1. The summed E-state index contributed by atoms with van der Waals surface area (Å²) in [6.45, 7) is 0.696. The van der Waals surface area contributed by atoms with E-state index in [4.69, 9.17) is 9.29 Å². The average Bonchev–Trinajstić information content (AvgIpc) is 2.98. The number of benzene rings is 2. The summed E-state index contributed by atoms with van der Waals surface area (Å²) in [6, 6.07) is 17.9. The van der Waals surface area contributed by atoms with Gasteiger partial charge in [0, 0.05) is 17.6 Å². The Hall–Kier alpha value is -1.91. The van der Waals surface area contributed by atoms with Crippen LogP contribution < -0.4 is 0 Å². The maximum Gasteiger partial charge on any atom is 0.157 e. The Morgan fingerprint density at radius 3 is 2.38 bits per heavy atom. The summed E-state index contributed by atoms with van der Waals surface area (Å²) in [7, 11) is 0. The molecule has 3 rings (SSSR count). The Balaban J connectivity index is 1.93. The topological polar surface area (TPSA) is 46.5 Å². The van der Waals surface area contributed by atoms with E-state index >= 15 is 0 Å². The van der Waals surface area contributed by atoms with Crippen LogP contribution in [-0.2, 0) is 21.6 Å². The molecule has 4 heteroatoms. The van der Waals surface area contributed by atoms with E-state index in [0.29, 0.717) is 6.61 Å². The van der Waals surface area contributed by atoms with E-state index in [0.717, 1.165) is 23.3 Å². The van der Waals surface area contributed by atoms with Crippen LogP contribution >= 0.6 is 0 Å². The van der Waals surface area contributed by atoms with Crippen molar-refractivity contribution in [2.45, 2.75) is 12.2 Å². The minimum atomic E-state index is -1.81. The summed E-state index contributed by atoms with van der Waals surface area (Å²) in [5, 5.41) is 0. The van der Waals surface area contributed by atoms with E-state index in [1.165, 1.54) is 11.1 Å². The lowest BCUT2D eigenvalue weighted by Crippen LogP contribution is -1.94. The molecule has 21 heavy (non-hydrogen) atoms. The Bertz CT molecular complexity index is 675. The first-order valence-corrected chi connectivity index (χ1v) is 8.10. The molecule has 1 aliphatic rings. The first kappa shape index (κ1) is 14.0. The fourth-order valence-electron chi connectivity index (χ4n) is 2.52. The highest BCUT2D eigenvalue weighted by Crippen LogP contribution is 2.35. The molecule has 0 saturated carbocycles. The summed E-state index contributed by atoms with van der Waals surface area (Å²) in [5.74, 6) is 1.07. The average molecular weight is 300 g/mol. The summed E-state index contributed by atoms with van der Waals surface area (Å²) in [4.78, 5) is 0. The van der Waals surface area contributed by atoms with E-state index in [1.807, 2.05) is 42.5 Å². The second kappa shape index (κ2) is 6.24. The third-order valence-electron chi connectivity index (χ3n) is 3.50. The first-order valence-electron chi connectivity index (χ1n) is 6.82. The molecule has 1 aliphatic heterocycles. The van der Waals surface area contributed by atoms with Crippen molar-refractivity contribution in [2.75, 3.05) is 6.61 Å².